The molecule has 0 spiro atoms. The fourth-order valence-electron chi connectivity index (χ4n) is 2.58. The molecule has 9 heteroatoms. The highest BCUT2D eigenvalue weighted by Crippen LogP contribution is 2.22. The van der Waals surface area contributed by atoms with E-state index in [1.165, 1.54) is 6.20 Å². The van der Waals surface area contributed by atoms with Crippen molar-refractivity contribution in [1.29, 1.82) is 0 Å². The Labute approximate surface area is 130 Å². The Kier molecular flexibility index (Phi) is 4.44. The summed E-state index contributed by atoms with van der Waals surface area (Å²) in [6.45, 7) is 3.05. The minimum absolute atomic E-state index is 0.0646. The number of alkyl halides is 1. The molecule has 0 aromatic carbocycles. The van der Waals surface area contributed by atoms with Gasteiger partial charge in [0.15, 0.2) is 5.76 Å². The third kappa shape index (κ3) is 3.47. The molecule has 1 aliphatic rings. The molecule has 0 unspecified atom stereocenters. The minimum Gasteiger partial charge on any atom is -0.360 e. The molecule has 2 aromatic rings. The van der Waals surface area contributed by atoms with E-state index in [4.69, 9.17) is 4.52 Å². The van der Waals surface area contributed by atoms with Gasteiger partial charge in [-0.15, -0.1) is 5.10 Å². The molecule has 1 N–H and O–H groups in total. The van der Waals surface area contributed by atoms with Gasteiger partial charge in [-0.2, -0.15) is 0 Å². The topological polar surface area (TPSA) is 84.2 Å². The van der Waals surface area contributed by atoms with Crippen LogP contribution in [0.2, 0.25) is 0 Å². The number of aromatic nitrogens is 3. The van der Waals surface area contributed by atoms with E-state index in [0.29, 0.717) is 36.7 Å². The molecular formula is C13H16FN5O2S. The molecule has 3 rings (SSSR count). The number of carbonyl (C=O) groups is 1. The highest BCUT2D eigenvalue weighted by Gasteiger charge is 2.33. The van der Waals surface area contributed by atoms with E-state index in [0.717, 1.165) is 17.2 Å². The van der Waals surface area contributed by atoms with Gasteiger partial charge in [0.05, 0.1) is 18.4 Å². The second kappa shape index (κ2) is 6.49. The van der Waals surface area contributed by atoms with Gasteiger partial charge >= 0.3 is 0 Å². The van der Waals surface area contributed by atoms with Gasteiger partial charge in [-0.25, -0.2) is 4.39 Å². The maximum Gasteiger partial charge on any atom is 0.264 e. The zero-order valence-electron chi connectivity index (χ0n) is 12.0. The first-order valence-corrected chi connectivity index (χ1v) is 7.75. The van der Waals surface area contributed by atoms with Crippen molar-refractivity contribution in [2.45, 2.75) is 32.1 Å². The molecule has 1 aliphatic heterocycles. The molecule has 2 atom stereocenters. The van der Waals surface area contributed by atoms with Crippen LogP contribution < -0.4 is 5.32 Å². The third-order valence-corrected chi connectivity index (χ3v) is 4.26. The molecule has 118 valence electrons. The lowest BCUT2D eigenvalue weighted by Crippen LogP contribution is -2.39. The second-order valence-electron chi connectivity index (χ2n) is 5.34. The van der Waals surface area contributed by atoms with Crippen molar-refractivity contribution in [2.75, 3.05) is 13.1 Å². The quantitative estimate of drug-likeness (QED) is 0.888. The number of amides is 1. The molecule has 7 nitrogen and oxygen atoms in total. The SMILES string of the molecule is Cc1cc(CN2C[C@@H](F)C[C@H]2CNC(=O)c2cnns2)on1. The lowest BCUT2D eigenvalue weighted by atomic mass is 10.2. The van der Waals surface area contributed by atoms with E-state index in [1.807, 2.05) is 17.9 Å². The third-order valence-electron chi connectivity index (χ3n) is 3.60. The standard InChI is InChI=1S/C13H16FN5O2S/c1-8-2-11(21-17-8)7-19-6-9(14)3-10(19)4-15-13(20)12-5-16-18-22-12/h2,5,9-10H,3-4,6-7H2,1H3,(H,15,20)/t9-,10-/m0/s1. The smallest absolute Gasteiger partial charge is 0.264 e. The molecule has 22 heavy (non-hydrogen) atoms. The first kappa shape index (κ1) is 15.0. The van der Waals surface area contributed by atoms with Crippen LogP contribution >= 0.6 is 11.5 Å². The van der Waals surface area contributed by atoms with Crippen molar-refractivity contribution in [1.82, 2.24) is 25.0 Å². The summed E-state index contributed by atoms with van der Waals surface area (Å²) in [6, 6.07) is 1.77. The van der Waals surface area contributed by atoms with Gasteiger partial charge in [-0.1, -0.05) is 9.64 Å². The molecule has 3 heterocycles. The summed E-state index contributed by atoms with van der Waals surface area (Å²) in [5.74, 6) is 0.474. The predicted octanol–water partition coefficient (Wildman–Crippen LogP) is 1.18. The van der Waals surface area contributed by atoms with Crippen LogP contribution in [0.5, 0.6) is 0 Å². The normalized spacial score (nSPS) is 22.1. The Morgan fingerprint density at radius 2 is 2.50 bits per heavy atom. The van der Waals surface area contributed by atoms with Crippen LogP contribution in [0.15, 0.2) is 16.8 Å². The molecule has 0 bridgehead atoms. The fraction of sp³-hybridized carbons (Fsp3) is 0.538. The highest BCUT2D eigenvalue weighted by molar-refractivity contribution is 7.07. The van der Waals surface area contributed by atoms with E-state index in [2.05, 4.69) is 20.1 Å². The molecule has 1 saturated heterocycles. The number of carbonyl (C=O) groups excluding carboxylic acids is 1. The van der Waals surface area contributed by atoms with Crippen molar-refractivity contribution in [3.8, 4) is 0 Å². The molecule has 1 amide bonds. The Morgan fingerprint density at radius 1 is 1.64 bits per heavy atom. The van der Waals surface area contributed by atoms with Gasteiger partial charge in [0.1, 0.15) is 11.0 Å². The molecule has 2 aromatic heterocycles. The largest absolute Gasteiger partial charge is 0.360 e. The maximum atomic E-state index is 13.7. The molecule has 0 saturated carbocycles. The molecule has 0 aliphatic carbocycles. The van der Waals surface area contributed by atoms with Gasteiger partial charge in [-0.05, 0) is 24.9 Å². The van der Waals surface area contributed by atoms with E-state index < -0.39 is 6.17 Å². The maximum absolute atomic E-state index is 13.7. The number of aryl methyl sites for hydroxylation is 1. The zero-order valence-corrected chi connectivity index (χ0v) is 12.8. The lowest BCUT2D eigenvalue weighted by Gasteiger charge is -2.22. The summed E-state index contributed by atoms with van der Waals surface area (Å²) in [7, 11) is 0. The van der Waals surface area contributed by atoms with Crippen molar-refractivity contribution in [2.24, 2.45) is 0 Å². The van der Waals surface area contributed by atoms with Gasteiger partial charge in [0.25, 0.3) is 5.91 Å². The summed E-state index contributed by atoms with van der Waals surface area (Å²) in [6.07, 6.45) is 0.923. The van der Waals surface area contributed by atoms with Crippen LogP contribution in [-0.4, -0.2) is 50.9 Å². The summed E-state index contributed by atoms with van der Waals surface area (Å²) >= 11 is 1.04. The summed E-state index contributed by atoms with van der Waals surface area (Å²) in [5.41, 5.74) is 0.800. The van der Waals surface area contributed by atoms with Crippen LogP contribution in [0.4, 0.5) is 4.39 Å². The van der Waals surface area contributed by atoms with Crippen LogP contribution in [0, 0.1) is 6.92 Å². The van der Waals surface area contributed by atoms with Gasteiger partial charge in [0.2, 0.25) is 0 Å². The van der Waals surface area contributed by atoms with Crippen molar-refractivity contribution in [3.63, 3.8) is 0 Å². The van der Waals surface area contributed by atoms with Crippen LogP contribution in [0.3, 0.4) is 0 Å². The number of hydrogen-bond acceptors (Lipinski definition) is 7. The highest BCUT2D eigenvalue weighted by atomic mass is 32.1. The number of nitrogens with one attached hydrogen (secondary N) is 1. The lowest BCUT2D eigenvalue weighted by molar-refractivity contribution is 0.0942. The summed E-state index contributed by atoms with van der Waals surface area (Å²) in [4.78, 5) is 14.3. The summed E-state index contributed by atoms with van der Waals surface area (Å²) in [5, 5.41) is 10.3. The number of likely N-dealkylation sites (tertiary alicyclic amines) is 1. The Morgan fingerprint density at radius 3 is 3.18 bits per heavy atom. The molecule has 1 fully saturated rings. The Bertz CT molecular complexity index is 632. The van der Waals surface area contributed by atoms with Crippen LogP contribution in [0.1, 0.15) is 27.5 Å². The monoisotopic (exact) mass is 325 g/mol. The number of nitrogens with zero attached hydrogens (tertiary/aromatic N) is 4. The second-order valence-corrected chi connectivity index (χ2v) is 6.13. The van der Waals surface area contributed by atoms with Crippen molar-refractivity contribution < 1.29 is 13.7 Å². The number of rotatable bonds is 5. The summed E-state index contributed by atoms with van der Waals surface area (Å²) < 4.78 is 22.5. The Hall–Kier alpha value is -1.87. The minimum atomic E-state index is -0.893. The van der Waals surface area contributed by atoms with Gasteiger partial charge in [0, 0.05) is 25.2 Å². The average molecular weight is 325 g/mol. The van der Waals surface area contributed by atoms with Crippen LogP contribution in [-0.2, 0) is 6.54 Å². The van der Waals surface area contributed by atoms with Crippen molar-refractivity contribution >= 4 is 17.4 Å². The van der Waals surface area contributed by atoms with Crippen LogP contribution in [0.25, 0.3) is 0 Å². The first-order chi connectivity index (χ1) is 10.6. The van der Waals surface area contributed by atoms with E-state index >= 15 is 0 Å². The number of halogens is 1. The molecular weight excluding hydrogens is 309 g/mol. The van der Waals surface area contributed by atoms with Gasteiger partial charge < -0.3 is 9.84 Å². The van der Waals surface area contributed by atoms with Gasteiger partial charge in [-0.3, -0.25) is 9.69 Å². The van der Waals surface area contributed by atoms with E-state index in [9.17, 15) is 9.18 Å². The van der Waals surface area contributed by atoms with E-state index in [-0.39, 0.29) is 11.9 Å². The first-order valence-electron chi connectivity index (χ1n) is 6.97. The molecule has 0 radical (unpaired) electrons. The predicted molar refractivity (Wildman–Crippen MR) is 77.2 cm³/mol. The fourth-order valence-corrected chi connectivity index (χ4v) is 3.02. The number of hydrogen-bond donors (Lipinski definition) is 1. The zero-order chi connectivity index (χ0) is 15.5. The average Bonchev–Trinajstić information content (AvgIpc) is 3.19. The van der Waals surface area contributed by atoms with E-state index in [1.54, 1.807) is 0 Å². The van der Waals surface area contributed by atoms with Crippen molar-refractivity contribution in [3.05, 3.63) is 28.6 Å². The Balaban J connectivity index is 1.57.